The van der Waals surface area contributed by atoms with Gasteiger partial charge in [-0.3, -0.25) is 0 Å². The summed E-state index contributed by atoms with van der Waals surface area (Å²) in [7, 11) is 1.64. The van der Waals surface area contributed by atoms with Gasteiger partial charge in [-0.2, -0.15) is 0 Å². The van der Waals surface area contributed by atoms with Crippen LogP contribution >= 0.6 is 15.9 Å². The fraction of sp³-hybridized carbons (Fsp3) is 0.500. The summed E-state index contributed by atoms with van der Waals surface area (Å²) in [5.74, 6) is 0.806. The zero-order chi connectivity index (χ0) is 11.6. The van der Waals surface area contributed by atoms with Crippen LogP contribution in [0.5, 0.6) is 5.75 Å². The number of aliphatic hydroxyl groups is 1. The van der Waals surface area contributed by atoms with Crippen LogP contribution < -0.4 is 4.74 Å². The van der Waals surface area contributed by atoms with E-state index in [1.54, 1.807) is 14.0 Å². The fourth-order valence-corrected chi connectivity index (χ4v) is 1.85. The molecule has 3 heteroatoms. The van der Waals surface area contributed by atoms with Crippen molar-refractivity contribution in [2.75, 3.05) is 7.11 Å². The lowest BCUT2D eigenvalue weighted by Gasteiger charge is -2.29. The molecule has 0 amide bonds. The Labute approximate surface area is 99.4 Å². The van der Waals surface area contributed by atoms with Crippen LogP contribution in [0.1, 0.15) is 26.3 Å². The molecule has 1 N–H and O–H groups in total. The average Bonchev–Trinajstić information content (AvgIpc) is 2.17. The zero-order valence-corrected chi connectivity index (χ0v) is 11.1. The summed E-state index contributed by atoms with van der Waals surface area (Å²) in [6.45, 7) is 5.84. The van der Waals surface area contributed by atoms with Crippen molar-refractivity contribution < 1.29 is 9.84 Å². The lowest BCUT2D eigenvalue weighted by molar-refractivity contribution is 0.118. The Bertz CT molecular complexity index is 345. The molecular formula is C12H17BrO2. The second-order valence-corrected chi connectivity index (χ2v) is 5.10. The van der Waals surface area contributed by atoms with Crippen molar-refractivity contribution in [3.05, 3.63) is 28.2 Å². The maximum absolute atomic E-state index is 9.70. The quantitative estimate of drug-likeness (QED) is 0.916. The molecule has 1 atom stereocenters. The maximum Gasteiger partial charge on any atom is 0.133 e. The van der Waals surface area contributed by atoms with Crippen LogP contribution in [0, 0.1) is 0 Å². The summed E-state index contributed by atoms with van der Waals surface area (Å²) in [5, 5.41) is 9.70. The number of ether oxygens (including phenoxy) is 1. The van der Waals surface area contributed by atoms with E-state index in [1.165, 1.54) is 0 Å². The first kappa shape index (κ1) is 12.5. The number of rotatable bonds is 3. The summed E-state index contributed by atoms with van der Waals surface area (Å²) in [5.41, 5.74) is 0.833. The number of methoxy groups -OCH3 is 1. The van der Waals surface area contributed by atoms with E-state index in [2.05, 4.69) is 15.9 Å². The van der Waals surface area contributed by atoms with Crippen LogP contribution in [0.3, 0.4) is 0 Å². The molecule has 0 aliphatic rings. The van der Waals surface area contributed by atoms with Gasteiger partial charge in [0.15, 0.2) is 0 Å². The summed E-state index contributed by atoms with van der Waals surface area (Å²) in [4.78, 5) is 0. The van der Waals surface area contributed by atoms with Gasteiger partial charge in [0.05, 0.1) is 17.7 Å². The molecule has 0 aromatic heterocycles. The van der Waals surface area contributed by atoms with Crippen LogP contribution in [0.4, 0.5) is 0 Å². The van der Waals surface area contributed by atoms with Gasteiger partial charge in [-0.05, 0) is 40.5 Å². The molecule has 1 rings (SSSR count). The first-order chi connectivity index (χ1) is 6.89. The van der Waals surface area contributed by atoms with E-state index >= 15 is 0 Å². The third-order valence-corrected chi connectivity index (χ3v) is 3.56. The molecule has 2 nitrogen and oxygen atoms in total. The summed E-state index contributed by atoms with van der Waals surface area (Å²) < 4.78 is 6.08. The topological polar surface area (TPSA) is 29.5 Å². The average molecular weight is 273 g/mol. The van der Waals surface area contributed by atoms with Crippen molar-refractivity contribution in [3.8, 4) is 5.75 Å². The van der Waals surface area contributed by atoms with E-state index < -0.39 is 6.10 Å². The van der Waals surface area contributed by atoms with Gasteiger partial charge >= 0.3 is 0 Å². The third-order valence-electron chi connectivity index (χ3n) is 2.94. The van der Waals surface area contributed by atoms with Gasteiger partial charge < -0.3 is 9.84 Å². The first-order valence-corrected chi connectivity index (χ1v) is 5.71. The molecule has 15 heavy (non-hydrogen) atoms. The lowest BCUT2D eigenvalue weighted by Crippen LogP contribution is -2.30. The molecule has 0 aliphatic heterocycles. The molecule has 0 saturated heterocycles. The first-order valence-electron chi connectivity index (χ1n) is 4.91. The summed E-state index contributed by atoms with van der Waals surface area (Å²) in [6, 6.07) is 5.88. The predicted molar refractivity (Wildman–Crippen MR) is 65.4 cm³/mol. The fourth-order valence-electron chi connectivity index (χ4n) is 1.31. The van der Waals surface area contributed by atoms with E-state index in [-0.39, 0.29) is 5.41 Å². The molecule has 0 aliphatic carbocycles. The van der Waals surface area contributed by atoms with Gasteiger partial charge in [-0.25, -0.2) is 0 Å². The molecule has 1 unspecified atom stereocenters. The zero-order valence-electron chi connectivity index (χ0n) is 9.54. The number of aliphatic hydroxyl groups excluding tert-OH is 1. The van der Waals surface area contributed by atoms with Crippen molar-refractivity contribution in [1.82, 2.24) is 0 Å². The van der Waals surface area contributed by atoms with E-state index in [9.17, 15) is 5.11 Å². The van der Waals surface area contributed by atoms with Gasteiger partial charge in [-0.15, -0.1) is 0 Å². The van der Waals surface area contributed by atoms with E-state index in [1.807, 2.05) is 32.0 Å². The van der Waals surface area contributed by atoms with Crippen molar-refractivity contribution in [2.45, 2.75) is 32.3 Å². The van der Waals surface area contributed by atoms with Gasteiger partial charge in [0.1, 0.15) is 5.75 Å². The van der Waals surface area contributed by atoms with E-state index in [4.69, 9.17) is 4.74 Å². The number of hydrogen-bond donors (Lipinski definition) is 1. The Kier molecular flexibility index (Phi) is 3.79. The molecule has 0 heterocycles. The van der Waals surface area contributed by atoms with Crippen LogP contribution in [0.15, 0.2) is 22.7 Å². The van der Waals surface area contributed by atoms with E-state index in [0.29, 0.717) is 0 Å². The molecule has 84 valence electrons. The molecule has 0 spiro atoms. The Morgan fingerprint density at radius 3 is 2.40 bits per heavy atom. The molecule has 1 aromatic rings. The number of halogens is 1. The van der Waals surface area contributed by atoms with Gasteiger partial charge in [0.2, 0.25) is 0 Å². The van der Waals surface area contributed by atoms with Crippen molar-refractivity contribution in [3.63, 3.8) is 0 Å². The minimum Gasteiger partial charge on any atom is -0.496 e. The molecule has 1 aromatic carbocycles. The molecule has 0 radical (unpaired) electrons. The van der Waals surface area contributed by atoms with E-state index in [0.717, 1.165) is 15.8 Å². The molecule has 0 bridgehead atoms. The predicted octanol–water partition coefficient (Wildman–Crippen LogP) is 3.12. The van der Waals surface area contributed by atoms with Crippen LogP contribution in [0.25, 0.3) is 0 Å². The lowest BCUT2D eigenvalue weighted by atomic mass is 9.80. The van der Waals surface area contributed by atoms with Crippen molar-refractivity contribution in [2.24, 2.45) is 0 Å². The monoisotopic (exact) mass is 272 g/mol. The second-order valence-electron chi connectivity index (χ2n) is 4.25. The third kappa shape index (κ3) is 2.52. The smallest absolute Gasteiger partial charge is 0.133 e. The van der Waals surface area contributed by atoms with Gasteiger partial charge in [-0.1, -0.05) is 19.9 Å². The Balaban J connectivity index is 3.12. The van der Waals surface area contributed by atoms with Crippen LogP contribution in [0.2, 0.25) is 0 Å². The van der Waals surface area contributed by atoms with Gasteiger partial charge in [0, 0.05) is 5.41 Å². The van der Waals surface area contributed by atoms with Crippen molar-refractivity contribution in [1.29, 1.82) is 0 Å². The highest BCUT2D eigenvalue weighted by atomic mass is 79.9. The largest absolute Gasteiger partial charge is 0.496 e. The Morgan fingerprint density at radius 1 is 1.40 bits per heavy atom. The summed E-state index contributed by atoms with van der Waals surface area (Å²) >= 11 is 3.44. The Morgan fingerprint density at radius 2 is 2.00 bits per heavy atom. The highest BCUT2D eigenvalue weighted by Gasteiger charge is 2.26. The number of hydrogen-bond acceptors (Lipinski definition) is 2. The van der Waals surface area contributed by atoms with Gasteiger partial charge in [0.25, 0.3) is 0 Å². The highest BCUT2D eigenvalue weighted by Crippen LogP contribution is 2.33. The molecular weight excluding hydrogens is 256 g/mol. The van der Waals surface area contributed by atoms with Crippen LogP contribution in [-0.2, 0) is 5.41 Å². The highest BCUT2D eigenvalue weighted by molar-refractivity contribution is 9.10. The van der Waals surface area contributed by atoms with Crippen LogP contribution in [-0.4, -0.2) is 18.3 Å². The Hall–Kier alpha value is -0.540. The minimum atomic E-state index is -0.391. The number of benzene rings is 1. The normalized spacial score (nSPS) is 13.7. The summed E-state index contributed by atoms with van der Waals surface area (Å²) in [6.07, 6.45) is -0.391. The minimum absolute atomic E-state index is 0.255. The maximum atomic E-state index is 9.70. The molecule has 0 fully saturated rings. The molecule has 0 saturated carbocycles. The SMILES string of the molecule is COc1ccc(C(C)(C)C(C)O)cc1Br. The van der Waals surface area contributed by atoms with Crippen molar-refractivity contribution >= 4 is 15.9 Å². The second kappa shape index (κ2) is 4.54. The standard InChI is InChI=1S/C12H17BrO2/c1-8(14)12(2,3)9-5-6-11(15-4)10(13)7-9/h5-8,14H,1-4H3.